The number of amides is 2. The maximum absolute atomic E-state index is 13.6. The van der Waals surface area contributed by atoms with Crippen LogP contribution in [0.2, 0.25) is 0 Å². The first kappa shape index (κ1) is 24.3. The van der Waals surface area contributed by atoms with Crippen LogP contribution in [-0.4, -0.2) is 41.6 Å². The average Bonchev–Trinajstić information content (AvgIpc) is 3.21. The maximum atomic E-state index is 13.6. The van der Waals surface area contributed by atoms with E-state index in [2.05, 4.69) is 24.3 Å². The van der Waals surface area contributed by atoms with Crippen LogP contribution in [0.25, 0.3) is 0 Å². The van der Waals surface area contributed by atoms with Gasteiger partial charge in [0.1, 0.15) is 0 Å². The van der Waals surface area contributed by atoms with Gasteiger partial charge in [0.05, 0.1) is 11.8 Å². The van der Waals surface area contributed by atoms with Crippen LogP contribution in [0.1, 0.15) is 70.1 Å². The number of carbonyl (C=O) groups is 4. The first-order valence-corrected chi connectivity index (χ1v) is 13.3. The highest BCUT2D eigenvalue weighted by molar-refractivity contribution is 6.07. The van der Waals surface area contributed by atoms with Crippen molar-refractivity contribution in [3.05, 3.63) is 107 Å². The van der Waals surface area contributed by atoms with E-state index in [0.29, 0.717) is 31.4 Å². The Kier molecular flexibility index (Phi) is 6.40. The zero-order valence-electron chi connectivity index (χ0n) is 21.0. The van der Waals surface area contributed by atoms with E-state index in [9.17, 15) is 19.2 Å². The molecule has 7 rings (SSSR count). The number of ketones is 1. The first-order valence-electron chi connectivity index (χ1n) is 13.3. The Morgan fingerprint density at radius 1 is 0.658 bits per heavy atom. The van der Waals surface area contributed by atoms with E-state index in [0.717, 1.165) is 0 Å². The third-order valence-electron chi connectivity index (χ3n) is 8.26. The largest absolute Gasteiger partial charge is 0.457 e. The highest BCUT2D eigenvalue weighted by Crippen LogP contribution is 2.60. The van der Waals surface area contributed by atoms with Crippen LogP contribution in [-0.2, 0) is 19.1 Å². The summed E-state index contributed by atoms with van der Waals surface area (Å²) in [6, 6.07) is 25.2. The maximum Gasteiger partial charge on any atom is 0.306 e. The number of nitrogens with zero attached hydrogens (tertiary/aromatic N) is 1. The highest BCUT2D eigenvalue weighted by atomic mass is 16.5. The van der Waals surface area contributed by atoms with Crippen molar-refractivity contribution in [3.63, 3.8) is 0 Å². The standard InChI is InChI=1S/C32H29NO5/c34-25(20-11-3-1-4-12-20)19-38-26(35)17-5-2-10-18-33-31(36)29-27-21-13-6-7-14-22(21)28(30(29)32(33)37)24-16-9-8-15-23(24)27/h1,3-4,6-9,11-16,27-30H,2,5,10,17-19H2/t27?,28?,29-,30+. The van der Waals surface area contributed by atoms with Gasteiger partial charge in [0, 0.05) is 30.4 Å². The molecular formula is C32H29NO5. The summed E-state index contributed by atoms with van der Waals surface area (Å²) in [6.45, 7) is 0.0911. The lowest BCUT2D eigenvalue weighted by molar-refractivity contribution is -0.143. The lowest BCUT2D eigenvalue weighted by atomic mass is 9.55. The molecule has 0 saturated carbocycles. The van der Waals surface area contributed by atoms with Gasteiger partial charge in [0.15, 0.2) is 12.4 Å². The predicted molar refractivity (Wildman–Crippen MR) is 140 cm³/mol. The van der Waals surface area contributed by atoms with Gasteiger partial charge in [-0.1, -0.05) is 85.3 Å². The number of esters is 1. The minimum Gasteiger partial charge on any atom is -0.457 e. The van der Waals surface area contributed by atoms with E-state index >= 15 is 0 Å². The van der Waals surface area contributed by atoms with Crippen LogP contribution in [0, 0.1) is 11.8 Å². The second-order valence-electron chi connectivity index (χ2n) is 10.4. The van der Waals surface area contributed by atoms with Gasteiger partial charge in [-0.2, -0.15) is 0 Å². The van der Waals surface area contributed by atoms with Crippen molar-refractivity contribution in [1.82, 2.24) is 4.90 Å². The lowest BCUT2D eigenvalue weighted by Crippen LogP contribution is -2.41. The molecule has 0 radical (unpaired) electrons. The molecule has 0 spiro atoms. The van der Waals surface area contributed by atoms with Gasteiger partial charge >= 0.3 is 5.97 Å². The van der Waals surface area contributed by atoms with Crippen LogP contribution in [0.3, 0.4) is 0 Å². The van der Waals surface area contributed by atoms with Crippen molar-refractivity contribution in [2.24, 2.45) is 11.8 Å². The molecule has 3 aromatic rings. The van der Waals surface area contributed by atoms with Gasteiger partial charge in [0.25, 0.3) is 0 Å². The Balaban J connectivity index is 1.04. The predicted octanol–water partition coefficient (Wildman–Crippen LogP) is 4.87. The van der Waals surface area contributed by atoms with Crippen molar-refractivity contribution < 1.29 is 23.9 Å². The summed E-state index contributed by atoms with van der Waals surface area (Å²) in [5.74, 6) is -1.68. The average molecular weight is 508 g/mol. The SMILES string of the molecule is O=C(CCCCCN1C(=O)[C@@H]2C3c4ccccc4C(c4ccccc43)[C@@H]2C1=O)OCC(=O)c1ccccc1. The quantitative estimate of drug-likeness (QED) is 0.179. The number of hydrogen-bond donors (Lipinski definition) is 0. The molecule has 3 aromatic carbocycles. The highest BCUT2D eigenvalue weighted by Gasteiger charge is 2.61. The smallest absolute Gasteiger partial charge is 0.306 e. The Morgan fingerprint density at radius 2 is 1.16 bits per heavy atom. The fraction of sp³-hybridized carbons (Fsp3) is 0.312. The molecule has 38 heavy (non-hydrogen) atoms. The van der Waals surface area contributed by atoms with Gasteiger partial charge in [-0.25, -0.2) is 0 Å². The molecule has 2 bridgehead atoms. The number of ether oxygens (including phenoxy) is 1. The van der Waals surface area contributed by atoms with Crippen molar-refractivity contribution in [3.8, 4) is 0 Å². The van der Waals surface area contributed by atoms with E-state index < -0.39 is 5.97 Å². The van der Waals surface area contributed by atoms with Crippen LogP contribution < -0.4 is 0 Å². The number of benzene rings is 3. The topological polar surface area (TPSA) is 80.8 Å². The van der Waals surface area contributed by atoms with Crippen LogP contribution >= 0.6 is 0 Å². The third kappa shape index (κ3) is 4.05. The lowest BCUT2D eigenvalue weighted by Gasteiger charge is -2.45. The number of likely N-dealkylation sites (tertiary alicyclic amines) is 1. The van der Waals surface area contributed by atoms with E-state index in [4.69, 9.17) is 4.74 Å². The fourth-order valence-corrected chi connectivity index (χ4v) is 6.60. The Morgan fingerprint density at radius 3 is 1.68 bits per heavy atom. The van der Waals surface area contributed by atoms with Crippen molar-refractivity contribution in [2.75, 3.05) is 13.2 Å². The molecule has 0 aromatic heterocycles. The van der Waals surface area contributed by atoms with Crippen molar-refractivity contribution in [2.45, 2.75) is 37.5 Å². The van der Waals surface area contributed by atoms with Gasteiger partial charge < -0.3 is 4.74 Å². The molecule has 1 aliphatic heterocycles. The molecule has 0 unspecified atom stereocenters. The third-order valence-corrected chi connectivity index (χ3v) is 8.26. The molecule has 2 atom stereocenters. The summed E-state index contributed by atoms with van der Waals surface area (Å²) in [4.78, 5) is 52.8. The summed E-state index contributed by atoms with van der Waals surface area (Å²) in [5, 5.41) is 0. The summed E-state index contributed by atoms with van der Waals surface area (Å²) in [7, 11) is 0. The number of unbranched alkanes of at least 4 members (excludes halogenated alkanes) is 2. The van der Waals surface area contributed by atoms with Crippen LogP contribution in [0.4, 0.5) is 0 Å². The van der Waals surface area contributed by atoms with Gasteiger partial charge in [-0.05, 0) is 35.1 Å². The van der Waals surface area contributed by atoms with Gasteiger partial charge in [-0.3, -0.25) is 24.1 Å². The minimum absolute atomic E-state index is 0.0714. The molecule has 4 aliphatic rings. The zero-order chi connectivity index (χ0) is 26.2. The number of carbonyl (C=O) groups excluding carboxylic acids is 4. The van der Waals surface area contributed by atoms with E-state index in [1.165, 1.54) is 27.2 Å². The molecule has 1 saturated heterocycles. The number of Topliss-reactive ketones (excluding diaryl/α,β-unsaturated/α-hetero) is 1. The summed E-state index contributed by atoms with van der Waals surface area (Å²) in [6.07, 6.45) is 2.08. The van der Waals surface area contributed by atoms with Crippen molar-refractivity contribution in [1.29, 1.82) is 0 Å². The normalized spacial score (nSPS) is 22.6. The molecule has 6 nitrogen and oxygen atoms in total. The Bertz CT molecular complexity index is 1300. The molecule has 3 aliphatic carbocycles. The fourth-order valence-electron chi connectivity index (χ4n) is 6.60. The number of imide groups is 1. The first-order chi connectivity index (χ1) is 18.6. The monoisotopic (exact) mass is 507 g/mol. The van der Waals surface area contributed by atoms with Gasteiger partial charge in [-0.15, -0.1) is 0 Å². The van der Waals surface area contributed by atoms with E-state index in [1.54, 1.807) is 24.3 Å². The second kappa shape index (κ2) is 10.0. The molecule has 1 heterocycles. The number of rotatable bonds is 9. The second-order valence-corrected chi connectivity index (χ2v) is 10.4. The van der Waals surface area contributed by atoms with E-state index in [1.807, 2.05) is 30.3 Å². The number of hydrogen-bond acceptors (Lipinski definition) is 5. The molecule has 0 N–H and O–H groups in total. The summed E-state index contributed by atoms with van der Waals surface area (Å²) in [5.41, 5.74) is 5.20. The Hall–Kier alpha value is -4.06. The van der Waals surface area contributed by atoms with Crippen LogP contribution in [0.5, 0.6) is 0 Å². The molecule has 2 amide bonds. The van der Waals surface area contributed by atoms with Crippen molar-refractivity contribution >= 4 is 23.6 Å². The Labute approximate surface area is 221 Å². The van der Waals surface area contributed by atoms with E-state index in [-0.39, 0.29) is 54.3 Å². The summed E-state index contributed by atoms with van der Waals surface area (Å²) >= 11 is 0. The minimum atomic E-state index is -0.416. The van der Waals surface area contributed by atoms with Crippen LogP contribution in [0.15, 0.2) is 78.9 Å². The zero-order valence-corrected chi connectivity index (χ0v) is 21.0. The summed E-state index contributed by atoms with van der Waals surface area (Å²) < 4.78 is 5.12. The molecule has 6 heteroatoms. The molecular weight excluding hydrogens is 478 g/mol. The molecule has 1 fully saturated rings. The van der Waals surface area contributed by atoms with Gasteiger partial charge in [0.2, 0.25) is 11.8 Å². The molecule has 192 valence electrons.